The van der Waals surface area contributed by atoms with Crippen LogP contribution in [0.2, 0.25) is 0 Å². The molecule has 0 aliphatic carbocycles. The minimum Gasteiger partial charge on any atom is -0.348 e. The third-order valence-corrected chi connectivity index (χ3v) is 4.14. The number of halogens is 1. The summed E-state index contributed by atoms with van der Waals surface area (Å²) < 4.78 is 0.836. The summed E-state index contributed by atoms with van der Waals surface area (Å²) in [6, 6.07) is 7.82. The highest BCUT2D eigenvalue weighted by atomic mass is 79.9. The number of aromatic amines is 2. The number of rotatable bonds is 3. The molecular formula is C16H12BrN5O. The number of pyridine rings is 1. The van der Waals surface area contributed by atoms with Crippen LogP contribution in [0.4, 0.5) is 0 Å². The van der Waals surface area contributed by atoms with Gasteiger partial charge in [-0.05, 0) is 33.6 Å². The van der Waals surface area contributed by atoms with Crippen LogP contribution in [0.25, 0.3) is 21.9 Å². The molecule has 0 saturated carbocycles. The van der Waals surface area contributed by atoms with E-state index in [9.17, 15) is 4.79 Å². The smallest absolute Gasteiger partial charge is 0.253 e. The van der Waals surface area contributed by atoms with E-state index in [1.807, 2.05) is 24.3 Å². The molecule has 23 heavy (non-hydrogen) atoms. The van der Waals surface area contributed by atoms with Gasteiger partial charge in [0.05, 0.1) is 17.3 Å². The van der Waals surface area contributed by atoms with Gasteiger partial charge in [0.2, 0.25) is 0 Å². The Labute approximate surface area is 139 Å². The van der Waals surface area contributed by atoms with Crippen LogP contribution >= 0.6 is 15.9 Å². The van der Waals surface area contributed by atoms with E-state index in [0.29, 0.717) is 17.8 Å². The summed E-state index contributed by atoms with van der Waals surface area (Å²) in [5.41, 5.74) is 3.24. The molecule has 7 heteroatoms. The van der Waals surface area contributed by atoms with E-state index in [1.165, 1.54) is 0 Å². The SMILES string of the molecule is O=C(NCc1ccc2cn[nH]c2c1)c1c[nH]c2ncc(Br)cc12. The number of hydrogen-bond donors (Lipinski definition) is 3. The van der Waals surface area contributed by atoms with Gasteiger partial charge in [-0.15, -0.1) is 0 Å². The highest BCUT2D eigenvalue weighted by Gasteiger charge is 2.13. The summed E-state index contributed by atoms with van der Waals surface area (Å²) in [7, 11) is 0. The molecule has 6 nitrogen and oxygen atoms in total. The van der Waals surface area contributed by atoms with Gasteiger partial charge in [-0.3, -0.25) is 9.89 Å². The van der Waals surface area contributed by atoms with Crippen molar-refractivity contribution in [3.63, 3.8) is 0 Å². The Morgan fingerprint density at radius 1 is 1.26 bits per heavy atom. The number of H-pyrrole nitrogens is 2. The first-order chi connectivity index (χ1) is 11.2. The lowest BCUT2D eigenvalue weighted by Gasteiger charge is -2.05. The Kier molecular flexibility index (Phi) is 3.34. The number of aromatic nitrogens is 4. The Hall–Kier alpha value is -2.67. The van der Waals surface area contributed by atoms with Crippen LogP contribution in [0, 0.1) is 0 Å². The third kappa shape index (κ3) is 2.59. The highest BCUT2D eigenvalue weighted by molar-refractivity contribution is 9.10. The maximum atomic E-state index is 12.4. The number of fused-ring (bicyclic) bond motifs is 2. The molecule has 3 aromatic heterocycles. The summed E-state index contributed by atoms with van der Waals surface area (Å²) in [5.74, 6) is -0.138. The second-order valence-corrected chi connectivity index (χ2v) is 6.14. The van der Waals surface area contributed by atoms with Gasteiger partial charge in [-0.1, -0.05) is 12.1 Å². The first-order valence-electron chi connectivity index (χ1n) is 7.03. The molecule has 3 heterocycles. The van der Waals surface area contributed by atoms with Gasteiger partial charge in [-0.2, -0.15) is 5.10 Å². The lowest BCUT2D eigenvalue weighted by molar-refractivity contribution is 0.0952. The molecule has 114 valence electrons. The first-order valence-corrected chi connectivity index (χ1v) is 7.83. The van der Waals surface area contributed by atoms with E-state index in [2.05, 4.69) is 41.4 Å². The molecule has 0 spiro atoms. The van der Waals surface area contributed by atoms with E-state index < -0.39 is 0 Å². The van der Waals surface area contributed by atoms with Gasteiger partial charge < -0.3 is 10.3 Å². The predicted molar refractivity (Wildman–Crippen MR) is 91.1 cm³/mol. The quantitative estimate of drug-likeness (QED) is 0.518. The van der Waals surface area contributed by atoms with Gasteiger partial charge >= 0.3 is 0 Å². The minimum absolute atomic E-state index is 0.138. The molecule has 4 rings (SSSR count). The van der Waals surface area contributed by atoms with Crippen LogP contribution in [0.15, 0.2) is 47.3 Å². The summed E-state index contributed by atoms with van der Waals surface area (Å²) in [4.78, 5) is 19.7. The molecule has 1 aromatic carbocycles. The molecule has 0 atom stereocenters. The van der Waals surface area contributed by atoms with Gasteiger partial charge in [0.25, 0.3) is 5.91 Å². The molecule has 0 radical (unpaired) electrons. The highest BCUT2D eigenvalue weighted by Crippen LogP contribution is 2.20. The van der Waals surface area contributed by atoms with E-state index in [4.69, 9.17) is 0 Å². The van der Waals surface area contributed by atoms with Crippen LogP contribution in [0.3, 0.4) is 0 Å². The molecule has 0 aliphatic heterocycles. The molecule has 0 bridgehead atoms. The molecule has 1 amide bonds. The van der Waals surface area contributed by atoms with Crippen LogP contribution < -0.4 is 5.32 Å². The number of nitrogens with one attached hydrogen (secondary N) is 3. The monoisotopic (exact) mass is 369 g/mol. The number of benzene rings is 1. The Morgan fingerprint density at radius 3 is 3.09 bits per heavy atom. The first kappa shape index (κ1) is 14.0. The average molecular weight is 370 g/mol. The third-order valence-electron chi connectivity index (χ3n) is 3.70. The zero-order valence-corrected chi connectivity index (χ0v) is 13.5. The van der Waals surface area contributed by atoms with Gasteiger partial charge in [0.15, 0.2) is 0 Å². The number of hydrogen-bond acceptors (Lipinski definition) is 3. The fourth-order valence-corrected chi connectivity index (χ4v) is 2.87. The van der Waals surface area contributed by atoms with Crippen molar-refractivity contribution in [3.8, 4) is 0 Å². The molecule has 0 saturated heterocycles. The summed E-state index contributed by atoms with van der Waals surface area (Å²) >= 11 is 3.38. The minimum atomic E-state index is -0.138. The maximum Gasteiger partial charge on any atom is 0.253 e. The van der Waals surface area contributed by atoms with Crippen molar-refractivity contribution in [3.05, 3.63) is 58.5 Å². The largest absolute Gasteiger partial charge is 0.348 e. The van der Waals surface area contributed by atoms with E-state index in [0.717, 1.165) is 26.3 Å². The maximum absolute atomic E-state index is 12.4. The standard InChI is InChI=1S/C16H12BrN5O/c17-11-4-12-13(8-19-15(12)18-7-11)16(23)20-5-9-1-2-10-6-21-22-14(10)3-9/h1-4,6-8H,5H2,(H,18,19)(H,20,23)(H,21,22). The molecular weight excluding hydrogens is 358 g/mol. The summed E-state index contributed by atoms with van der Waals surface area (Å²) in [6.45, 7) is 0.446. The molecule has 4 aromatic rings. The van der Waals surface area contributed by atoms with Crippen LogP contribution in [0.1, 0.15) is 15.9 Å². The van der Waals surface area contributed by atoms with Crippen molar-refractivity contribution < 1.29 is 4.79 Å². The van der Waals surface area contributed by atoms with Crippen LogP contribution in [-0.2, 0) is 6.54 Å². The fraction of sp³-hybridized carbons (Fsp3) is 0.0625. The van der Waals surface area contributed by atoms with Crippen LogP contribution in [-0.4, -0.2) is 26.1 Å². The molecule has 0 aliphatic rings. The summed E-state index contributed by atoms with van der Waals surface area (Å²) in [5, 5.41) is 11.7. The lowest BCUT2D eigenvalue weighted by atomic mass is 10.1. The zero-order chi connectivity index (χ0) is 15.8. The Morgan fingerprint density at radius 2 is 2.17 bits per heavy atom. The van der Waals surface area contributed by atoms with Gasteiger partial charge in [-0.25, -0.2) is 4.98 Å². The Balaban J connectivity index is 1.55. The van der Waals surface area contributed by atoms with E-state index in [1.54, 1.807) is 18.6 Å². The molecule has 0 unspecified atom stereocenters. The number of carbonyl (C=O) groups is 1. The number of amides is 1. The van der Waals surface area contributed by atoms with E-state index in [-0.39, 0.29) is 5.91 Å². The Bertz CT molecular complexity index is 1020. The van der Waals surface area contributed by atoms with Gasteiger partial charge in [0.1, 0.15) is 5.65 Å². The van der Waals surface area contributed by atoms with Crippen molar-refractivity contribution >= 4 is 43.8 Å². The summed E-state index contributed by atoms with van der Waals surface area (Å²) in [6.07, 6.45) is 5.14. The van der Waals surface area contributed by atoms with Crippen molar-refractivity contribution in [1.29, 1.82) is 0 Å². The van der Waals surface area contributed by atoms with Gasteiger partial charge in [0, 0.05) is 34.2 Å². The molecule has 3 N–H and O–H groups in total. The fourth-order valence-electron chi connectivity index (χ4n) is 2.54. The zero-order valence-electron chi connectivity index (χ0n) is 11.9. The number of carbonyl (C=O) groups excluding carboxylic acids is 1. The number of nitrogens with zero attached hydrogens (tertiary/aromatic N) is 2. The predicted octanol–water partition coefficient (Wildman–Crippen LogP) is 3.13. The van der Waals surface area contributed by atoms with Crippen molar-refractivity contribution in [1.82, 2.24) is 25.5 Å². The second kappa shape index (κ2) is 5.51. The van der Waals surface area contributed by atoms with Crippen molar-refractivity contribution in [2.24, 2.45) is 0 Å². The lowest BCUT2D eigenvalue weighted by Crippen LogP contribution is -2.22. The van der Waals surface area contributed by atoms with E-state index >= 15 is 0 Å². The second-order valence-electron chi connectivity index (χ2n) is 5.23. The topological polar surface area (TPSA) is 86.5 Å². The van der Waals surface area contributed by atoms with Crippen molar-refractivity contribution in [2.75, 3.05) is 0 Å². The molecule has 0 fully saturated rings. The average Bonchev–Trinajstić information content (AvgIpc) is 3.18. The van der Waals surface area contributed by atoms with Crippen LogP contribution in [0.5, 0.6) is 0 Å². The normalized spacial score (nSPS) is 11.2. The van der Waals surface area contributed by atoms with Crippen molar-refractivity contribution in [2.45, 2.75) is 6.54 Å².